The van der Waals surface area contributed by atoms with E-state index in [9.17, 15) is 0 Å². The molecule has 22 heavy (non-hydrogen) atoms. The number of aryl methyl sites for hydroxylation is 3. The highest BCUT2D eigenvalue weighted by atomic mass is 15.0. The third-order valence-corrected chi connectivity index (χ3v) is 4.37. The van der Waals surface area contributed by atoms with E-state index in [1.807, 2.05) is 0 Å². The minimum atomic E-state index is 0.160. The molecule has 0 saturated heterocycles. The van der Waals surface area contributed by atoms with Crippen LogP contribution >= 0.6 is 0 Å². The molecule has 2 rings (SSSR count). The third-order valence-electron chi connectivity index (χ3n) is 4.37. The Hall–Kier alpha value is -1.76. The van der Waals surface area contributed by atoms with Crippen molar-refractivity contribution < 1.29 is 0 Å². The van der Waals surface area contributed by atoms with Crippen molar-refractivity contribution in [2.24, 2.45) is 0 Å². The highest BCUT2D eigenvalue weighted by molar-refractivity contribution is 5.60. The Labute approximate surface area is 135 Å². The molecule has 1 heteroatoms. The Bertz CT molecular complexity index is 685. The summed E-state index contributed by atoms with van der Waals surface area (Å²) in [5.74, 6) is 0. The predicted octanol–water partition coefficient (Wildman–Crippen LogP) is 5.79. The van der Waals surface area contributed by atoms with Gasteiger partial charge in [0.15, 0.2) is 0 Å². The van der Waals surface area contributed by atoms with Crippen molar-refractivity contribution in [2.75, 3.05) is 0 Å². The van der Waals surface area contributed by atoms with Crippen LogP contribution in [-0.2, 0) is 12.0 Å². The van der Waals surface area contributed by atoms with Crippen LogP contribution in [0.25, 0.3) is 5.57 Å². The summed E-state index contributed by atoms with van der Waals surface area (Å²) in [5, 5.41) is 0. The molecule has 0 aliphatic carbocycles. The summed E-state index contributed by atoms with van der Waals surface area (Å²) in [6.45, 7) is 20.5. The van der Waals surface area contributed by atoms with Gasteiger partial charge in [-0.1, -0.05) is 45.0 Å². The lowest BCUT2D eigenvalue weighted by Crippen LogP contribution is -2.10. The molecular formula is C21H29N. The summed E-state index contributed by atoms with van der Waals surface area (Å²) in [7, 11) is 0. The van der Waals surface area contributed by atoms with E-state index in [0.717, 1.165) is 12.1 Å². The summed E-state index contributed by atoms with van der Waals surface area (Å²) < 4.78 is 2.35. The minimum absolute atomic E-state index is 0.160. The fourth-order valence-corrected chi connectivity index (χ4v) is 3.04. The smallest absolute Gasteiger partial charge is 0.0481 e. The van der Waals surface area contributed by atoms with Crippen LogP contribution in [0.5, 0.6) is 0 Å². The molecule has 1 heterocycles. The average molecular weight is 295 g/mol. The molecule has 0 amide bonds. The van der Waals surface area contributed by atoms with Crippen LogP contribution in [0.1, 0.15) is 61.2 Å². The molecule has 0 aliphatic rings. The fraction of sp³-hybridized carbons (Fsp3) is 0.429. The lowest BCUT2D eigenvalue weighted by molar-refractivity contribution is 0.588. The molecule has 0 bridgehead atoms. The first-order valence-corrected chi connectivity index (χ1v) is 8.03. The van der Waals surface area contributed by atoms with Crippen molar-refractivity contribution >= 4 is 5.57 Å². The van der Waals surface area contributed by atoms with E-state index in [0.29, 0.717) is 0 Å². The topological polar surface area (TPSA) is 4.93 Å². The Morgan fingerprint density at radius 3 is 2.05 bits per heavy atom. The number of aromatic nitrogens is 1. The van der Waals surface area contributed by atoms with E-state index in [1.54, 1.807) is 0 Å². The van der Waals surface area contributed by atoms with Crippen LogP contribution in [0.2, 0.25) is 0 Å². The molecule has 0 radical (unpaired) electrons. The first-order valence-electron chi connectivity index (χ1n) is 8.03. The summed E-state index contributed by atoms with van der Waals surface area (Å²) in [5.41, 5.74) is 9.39. The molecule has 0 atom stereocenters. The lowest BCUT2D eigenvalue weighted by atomic mass is 9.89. The molecule has 0 aliphatic heterocycles. The normalized spacial score (nSPS) is 11.8. The Morgan fingerprint density at radius 1 is 1.05 bits per heavy atom. The maximum absolute atomic E-state index is 4.16. The van der Waals surface area contributed by atoms with Gasteiger partial charge in [-0.05, 0) is 67.0 Å². The summed E-state index contributed by atoms with van der Waals surface area (Å²) in [4.78, 5) is 0. The van der Waals surface area contributed by atoms with Crippen LogP contribution in [0.15, 0.2) is 31.0 Å². The summed E-state index contributed by atoms with van der Waals surface area (Å²) in [6, 6.07) is 6.84. The highest BCUT2D eigenvalue weighted by Gasteiger charge is 2.18. The van der Waals surface area contributed by atoms with Crippen molar-refractivity contribution in [3.8, 4) is 0 Å². The molecule has 0 fully saturated rings. The Morgan fingerprint density at radius 2 is 1.59 bits per heavy atom. The first kappa shape index (κ1) is 16.6. The van der Waals surface area contributed by atoms with Gasteiger partial charge in [0.05, 0.1) is 0 Å². The van der Waals surface area contributed by atoms with Gasteiger partial charge in [-0.15, -0.1) is 0 Å². The molecule has 0 unspecified atom stereocenters. The second kappa shape index (κ2) is 5.79. The molecule has 1 aromatic heterocycles. The number of nitrogens with zero attached hydrogens (tertiary/aromatic N) is 1. The fourth-order valence-electron chi connectivity index (χ4n) is 3.04. The zero-order valence-electron chi connectivity index (χ0n) is 15.2. The number of allylic oxidation sites excluding steroid dienone is 1. The Kier molecular flexibility index (Phi) is 4.37. The zero-order valence-corrected chi connectivity index (χ0v) is 15.2. The van der Waals surface area contributed by atoms with Gasteiger partial charge in [0.25, 0.3) is 0 Å². The van der Waals surface area contributed by atoms with E-state index in [2.05, 4.69) is 84.0 Å². The minimum Gasteiger partial charge on any atom is -0.343 e. The van der Waals surface area contributed by atoms with Gasteiger partial charge in [-0.25, -0.2) is 0 Å². The number of rotatable bonds is 3. The molecule has 0 N–H and O–H groups in total. The predicted molar refractivity (Wildman–Crippen MR) is 97.6 cm³/mol. The molecular weight excluding hydrogens is 266 g/mol. The maximum Gasteiger partial charge on any atom is 0.0481 e. The molecule has 1 nitrogen and oxygen atoms in total. The van der Waals surface area contributed by atoms with Crippen LogP contribution in [0.3, 0.4) is 0 Å². The van der Waals surface area contributed by atoms with Gasteiger partial charge in [-0.3, -0.25) is 0 Å². The standard InChI is InChI=1S/C21H29N/c1-14(2)20-11-18(21(6,7)8)12-22(20)13-19-16(4)9-15(3)10-17(19)5/h9-12H,1,13H2,2-8H3. The third kappa shape index (κ3) is 3.35. The average Bonchev–Trinajstić information content (AvgIpc) is 2.77. The SMILES string of the molecule is C=C(C)c1cc(C(C)(C)C)cn1Cc1c(C)cc(C)cc1C. The van der Waals surface area contributed by atoms with Gasteiger partial charge in [0.1, 0.15) is 0 Å². The molecule has 2 aromatic rings. The van der Waals surface area contributed by atoms with Crippen molar-refractivity contribution in [2.45, 2.75) is 60.4 Å². The summed E-state index contributed by atoms with van der Waals surface area (Å²) >= 11 is 0. The van der Waals surface area contributed by atoms with E-state index in [1.165, 1.54) is 33.5 Å². The zero-order chi connectivity index (χ0) is 16.7. The largest absolute Gasteiger partial charge is 0.343 e. The number of hydrogen-bond donors (Lipinski definition) is 0. The monoisotopic (exact) mass is 295 g/mol. The van der Waals surface area contributed by atoms with Gasteiger partial charge < -0.3 is 4.57 Å². The van der Waals surface area contributed by atoms with Crippen molar-refractivity contribution in [3.63, 3.8) is 0 Å². The second-order valence-electron chi connectivity index (χ2n) is 7.65. The molecule has 1 aromatic carbocycles. The van der Waals surface area contributed by atoms with Crippen LogP contribution < -0.4 is 0 Å². The quantitative estimate of drug-likeness (QED) is 0.675. The lowest BCUT2D eigenvalue weighted by Gasteiger charge is -2.16. The van der Waals surface area contributed by atoms with Gasteiger partial charge in [0, 0.05) is 18.4 Å². The van der Waals surface area contributed by atoms with E-state index in [-0.39, 0.29) is 5.41 Å². The van der Waals surface area contributed by atoms with Crippen LogP contribution in [0, 0.1) is 20.8 Å². The first-order chi connectivity index (χ1) is 10.1. The van der Waals surface area contributed by atoms with Crippen molar-refractivity contribution in [3.05, 3.63) is 64.5 Å². The second-order valence-corrected chi connectivity index (χ2v) is 7.65. The molecule has 118 valence electrons. The summed E-state index contributed by atoms with van der Waals surface area (Å²) in [6.07, 6.45) is 2.29. The number of benzene rings is 1. The number of hydrogen-bond acceptors (Lipinski definition) is 0. The van der Waals surface area contributed by atoms with Gasteiger partial charge in [-0.2, -0.15) is 0 Å². The van der Waals surface area contributed by atoms with Crippen molar-refractivity contribution in [1.29, 1.82) is 0 Å². The van der Waals surface area contributed by atoms with Gasteiger partial charge >= 0.3 is 0 Å². The maximum atomic E-state index is 4.16. The van der Waals surface area contributed by atoms with Crippen LogP contribution in [-0.4, -0.2) is 4.57 Å². The van der Waals surface area contributed by atoms with Crippen molar-refractivity contribution in [1.82, 2.24) is 4.57 Å². The van der Waals surface area contributed by atoms with E-state index in [4.69, 9.17) is 0 Å². The highest BCUT2D eigenvalue weighted by Crippen LogP contribution is 2.28. The van der Waals surface area contributed by atoms with E-state index < -0.39 is 0 Å². The Balaban J connectivity index is 2.50. The van der Waals surface area contributed by atoms with Gasteiger partial charge in [0.2, 0.25) is 0 Å². The van der Waals surface area contributed by atoms with E-state index >= 15 is 0 Å². The molecule has 0 spiro atoms. The van der Waals surface area contributed by atoms with Crippen LogP contribution in [0.4, 0.5) is 0 Å². The molecule has 0 saturated carbocycles.